The standard InChI is InChI=1S/C37H54N4/c1-8-23-41(24-22-27(5)9-2)37-34(26-40(7)33-21-15-20-31-16-12-13-17-32(31)25-33)28(6)38-36(39-37)35-29(10-3)18-14-19-30(35)11-4/h12-14,16-19,27,33H,8-11,15,20-26H2,1-7H3/t27-,33+/m1/s1. The number of nitrogens with zero attached hydrogens (tertiary/aromatic N) is 4. The quantitative estimate of drug-likeness (QED) is 0.198. The van der Waals surface area contributed by atoms with Crippen LogP contribution in [0.25, 0.3) is 11.4 Å². The Balaban J connectivity index is 1.76. The van der Waals surface area contributed by atoms with Gasteiger partial charge in [0.2, 0.25) is 0 Å². The molecule has 4 nitrogen and oxygen atoms in total. The molecule has 222 valence electrons. The van der Waals surface area contributed by atoms with Crippen LogP contribution in [0.15, 0.2) is 42.5 Å². The van der Waals surface area contributed by atoms with Crippen LogP contribution in [-0.4, -0.2) is 41.0 Å². The van der Waals surface area contributed by atoms with E-state index in [0.29, 0.717) is 12.0 Å². The number of rotatable bonds is 13. The van der Waals surface area contributed by atoms with Crippen molar-refractivity contribution in [1.29, 1.82) is 0 Å². The van der Waals surface area contributed by atoms with Gasteiger partial charge in [-0.1, -0.05) is 83.5 Å². The predicted octanol–water partition coefficient (Wildman–Crippen LogP) is 8.61. The maximum Gasteiger partial charge on any atom is 0.162 e. The van der Waals surface area contributed by atoms with Crippen molar-refractivity contribution >= 4 is 5.82 Å². The van der Waals surface area contributed by atoms with Gasteiger partial charge in [-0.25, -0.2) is 9.97 Å². The molecule has 4 rings (SSSR count). The first kappa shape index (κ1) is 31.2. The fourth-order valence-electron chi connectivity index (χ4n) is 6.48. The van der Waals surface area contributed by atoms with E-state index in [0.717, 1.165) is 62.7 Å². The maximum atomic E-state index is 5.48. The Labute approximate surface area is 250 Å². The third-order valence-electron chi connectivity index (χ3n) is 9.38. The van der Waals surface area contributed by atoms with Crippen LogP contribution in [0.1, 0.15) is 100 Å². The third-order valence-corrected chi connectivity index (χ3v) is 9.38. The Morgan fingerprint density at radius 2 is 1.61 bits per heavy atom. The first-order valence-corrected chi connectivity index (χ1v) is 16.4. The lowest BCUT2D eigenvalue weighted by atomic mass is 9.96. The molecule has 41 heavy (non-hydrogen) atoms. The van der Waals surface area contributed by atoms with Crippen LogP contribution < -0.4 is 4.90 Å². The van der Waals surface area contributed by atoms with Gasteiger partial charge in [-0.2, -0.15) is 0 Å². The highest BCUT2D eigenvalue weighted by Gasteiger charge is 2.25. The lowest BCUT2D eigenvalue weighted by molar-refractivity contribution is 0.220. The van der Waals surface area contributed by atoms with Crippen molar-refractivity contribution in [1.82, 2.24) is 14.9 Å². The SMILES string of the molecule is CCCN(CC[C@H](C)CC)c1nc(-c2c(CC)cccc2CC)nc(C)c1CN(C)[C@H]1CCCc2ccccc2C1. The molecule has 0 saturated heterocycles. The number of likely N-dealkylation sites (N-methyl/N-ethyl adjacent to an activating group) is 1. The van der Waals surface area contributed by atoms with E-state index in [9.17, 15) is 0 Å². The van der Waals surface area contributed by atoms with E-state index in [2.05, 4.69) is 101 Å². The van der Waals surface area contributed by atoms with Crippen LogP contribution in [0.5, 0.6) is 0 Å². The maximum absolute atomic E-state index is 5.48. The summed E-state index contributed by atoms with van der Waals surface area (Å²) in [7, 11) is 2.32. The second-order valence-corrected chi connectivity index (χ2v) is 12.3. The molecule has 0 aliphatic heterocycles. The summed E-state index contributed by atoms with van der Waals surface area (Å²) < 4.78 is 0. The second-order valence-electron chi connectivity index (χ2n) is 12.3. The van der Waals surface area contributed by atoms with E-state index in [1.165, 1.54) is 65.5 Å². The van der Waals surface area contributed by atoms with Crippen molar-refractivity contribution < 1.29 is 0 Å². The summed E-state index contributed by atoms with van der Waals surface area (Å²) >= 11 is 0. The van der Waals surface area contributed by atoms with Gasteiger partial charge in [0.05, 0.1) is 0 Å². The smallest absolute Gasteiger partial charge is 0.162 e. The number of hydrogen-bond acceptors (Lipinski definition) is 4. The number of fused-ring (bicyclic) bond motifs is 1. The van der Waals surface area contributed by atoms with E-state index in [1.807, 2.05) is 0 Å². The largest absolute Gasteiger partial charge is 0.356 e. The Morgan fingerprint density at radius 1 is 0.902 bits per heavy atom. The van der Waals surface area contributed by atoms with Crippen molar-refractivity contribution in [3.05, 3.63) is 76.0 Å². The van der Waals surface area contributed by atoms with E-state index < -0.39 is 0 Å². The molecule has 1 aliphatic rings. The topological polar surface area (TPSA) is 32.3 Å². The fourth-order valence-corrected chi connectivity index (χ4v) is 6.48. The zero-order valence-corrected chi connectivity index (χ0v) is 27.0. The monoisotopic (exact) mass is 554 g/mol. The van der Waals surface area contributed by atoms with Gasteiger partial charge in [-0.15, -0.1) is 0 Å². The van der Waals surface area contributed by atoms with Crippen molar-refractivity contribution in [2.45, 2.75) is 112 Å². The summed E-state index contributed by atoms with van der Waals surface area (Å²) in [4.78, 5) is 15.9. The van der Waals surface area contributed by atoms with Crippen LogP contribution in [0.3, 0.4) is 0 Å². The normalized spacial score (nSPS) is 16.0. The van der Waals surface area contributed by atoms with E-state index in [4.69, 9.17) is 9.97 Å². The second kappa shape index (κ2) is 15.0. The van der Waals surface area contributed by atoms with Gasteiger partial charge in [0, 0.05) is 42.5 Å². The number of benzene rings is 2. The summed E-state index contributed by atoms with van der Waals surface area (Å²) in [5.41, 5.74) is 9.43. The molecule has 0 unspecified atom stereocenters. The molecule has 1 aliphatic carbocycles. The molecule has 0 spiro atoms. The molecule has 0 amide bonds. The van der Waals surface area contributed by atoms with Gasteiger partial charge in [0.1, 0.15) is 5.82 Å². The minimum atomic E-state index is 0.526. The Hall–Kier alpha value is -2.72. The Morgan fingerprint density at radius 3 is 2.27 bits per heavy atom. The van der Waals surface area contributed by atoms with Crippen LogP contribution in [0, 0.1) is 12.8 Å². The van der Waals surface area contributed by atoms with Crippen molar-refractivity contribution in [2.75, 3.05) is 25.0 Å². The molecule has 1 aromatic heterocycles. The molecule has 2 atom stereocenters. The summed E-state index contributed by atoms with van der Waals surface area (Å²) in [6.07, 6.45) is 10.3. The van der Waals surface area contributed by atoms with E-state index in [-0.39, 0.29) is 0 Å². The van der Waals surface area contributed by atoms with Gasteiger partial charge in [-0.3, -0.25) is 4.90 Å². The first-order valence-electron chi connectivity index (χ1n) is 16.4. The van der Waals surface area contributed by atoms with Crippen LogP contribution in [0.2, 0.25) is 0 Å². The minimum Gasteiger partial charge on any atom is -0.356 e. The van der Waals surface area contributed by atoms with Gasteiger partial charge in [-0.05, 0) is 93.5 Å². The van der Waals surface area contributed by atoms with E-state index in [1.54, 1.807) is 0 Å². The van der Waals surface area contributed by atoms with Gasteiger partial charge >= 0.3 is 0 Å². The van der Waals surface area contributed by atoms with E-state index >= 15 is 0 Å². The fraction of sp³-hybridized carbons (Fsp3) is 0.568. The molecule has 1 heterocycles. The van der Waals surface area contributed by atoms with Crippen LogP contribution >= 0.6 is 0 Å². The molecule has 0 radical (unpaired) electrons. The molecule has 0 N–H and O–H groups in total. The highest BCUT2D eigenvalue weighted by molar-refractivity contribution is 5.68. The van der Waals surface area contributed by atoms with Crippen LogP contribution in [-0.2, 0) is 32.2 Å². The average Bonchev–Trinajstić information content (AvgIpc) is 3.22. The molecule has 0 saturated carbocycles. The zero-order chi connectivity index (χ0) is 29.4. The number of aromatic nitrogens is 2. The average molecular weight is 555 g/mol. The molecular weight excluding hydrogens is 500 g/mol. The van der Waals surface area contributed by atoms with Gasteiger partial charge in [0.15, 0.2) is 5.82 Å². The summed E-state index contributed by atoms with van der Waals surface area (Å²) in [6, 6.07) is 16.3. The lowest BCUT2D eigenvalue weighted by Crippen LogP contribution is -2.35. The molecule has 2 aromatic carbocycles. The highest BCUT2D eigenvalue weighted by Crippen LogP contribution is 2.33. The van der Waals surface area contributed by atoms with Crippen molar-refractivity contribution in [2.24, 2.45) is 5.92 Å². The summed E-state index contributed by atoms with van der Waals surface area (Å²) in [6.45, 7) is 16.6. The predicted molar refractivity (Wildman–Crippen MR) is 176 cm³/mol. The molecular formula is C37H54N4. The Kier molecular flexibility index (Phi) is 11.4. The number of anilines is 1. The lowest BCUT2D eigenvalue weighted by Gasteiger charge is -2.32. The molecule has 3 aromatic rings. The molecule has 0 bridgehead atoms. The minimum absolute atomic E-state index is 0.526. The number of aryl methyl sites for hydroxylation is 4. The molecule has 0 fully saturated rings. The summed E-state index contributed by atoms with van der Waals surface area (Å²) in [5, 5.41) is 0. The Bertz CT molecular complexity index is 1240. The third kappa shape index (κ3) is 7.57. The zero-order valence-electron chi connectivity index (χ0n) is 27.0. The van der Waals surface area contributed by atoms with Crippen molar-refractivity contribution in [3.63, 3.8) is 0 Å². The van der Waals surface area contributed by atoms with Gasteiger partial charge < -0.3 is 4.90 Å². The van der Waals surface area contributed by atoms with Crippen molar-refractivity contribution in [3.8, 4) is 11.4 Å². The highest BCUT2D eigenvalue weighted by atomic mass is 15.2. The van der Waals surface area contributed by atoms with Crippen LogP contribution in [0.4, 0.5) is 5.82 Å². The first-order chi connectivity index (χ1) is 19.9. The molecule has 4 heteroatoms. The summed E-state index contributed by atoms with van der Waals surface area (Å²) in [5.74, 6) is 2.78. The van der Waals surface area contributed by atoms with Gasteiger partial charge in [0.25, 0.3) is 0 Å². The number of hydrogen-bond donors (Lipinski definition) is 0.